The minimum Gasteiger partial charge on any atom is -0.377 e. The Labute approximate surface area is 97.3 Å². The fourth-order valence-electron chi connectivity index (χ4n) is 1.85. The van der Waals surface area contributed by atoms with Gasteiger partial charge in [-0.25, -0.2) is 9.97 Å². The maximum absolute atomic E-state index is 5.99. The average molecular weight is 236 g/mol. The van der Waals surface area contributed by atoms with Crippen molar-refractivity contribution in [1.29, 1.82) is 0 Å². The Morgan fingerprint density at radius 3 is 3.06 bits per heavy atom. The van der Waals surface area contributed by atoms with Gasteiger partial charge in [0.2, 0.25) is 0 Å². The molecule has 4 nitrogen and oxygen atoms in total. The number of nitrogens with zero attached hydrogens (tertiary/aromatic N) is 2. The molecule has 3 rings (SSSR count). The van der Waals surface area contributed by atoms with E-state index in [0.29, 0.717) is 11.8 Å². The van der Waals surface area contributed by atoms with Gasteiger partial charge in [0.1, 0.15) is 17.1 Å². The van der Waals surface area contributed by atoms with Crippen LogP contribution in [0.1, 0.15) is 12.1 Å². The fourth-order valence-corrected chi connectivity index (χ4v) is 2.04. The van der Waals surface area contributed by atoms with Crippen molar-refractivity contribution >= 4 is 28.2 Å². The van der Waals surface area contributed by atoms with E-state index in [1.54, 1.807) is 0 Å². The molecular formula is C11H10ClN3O. The molecule has 0 spiro atoms. The molecule has 0 aromatic carbocycles. The van der Waals surface area contributed by atoms with Gasteiger partial charge in [-0.15, -0.1) is 0 Å². The highest BCUT2D eigenvalue weighted by molar-refractivity contribution is 6.34. The number of aromatic amines is 1. The number of aromatic nitrogens is 3. The molecule has 3 heterocycles. The van der Waals surface area contributed by atoms with E-state index < -0.39 is 0 Å². The normalized spacial score (nSPS) is 16.4. The number of halogens is 1. The van der Waals surface area contributed by atoms with Gasteiger partial charge in [-0.05, 0) is 18.1 Å². The second-order valence-electron chi connectivity index (χ2n) is 3.66. The maximum Gasteiger partial charge on any atom is 0.142 e. The smallest absolute Gasteiger partial charge is 0.142 e. The monoisotopic (exact) mass is 235 g/mol. The summed E-state index contributed by atoms with van der Waals surface area (Å²) < 4.78 is 5.27. The van der Waals surface area contributed by atoms with Crippen LogP contribution in [-0.4, -0.2) is 28.2 Å². The van der Waals surface area contributed by atoms with Crippen LogP contribution in [0.5, 0.6) is 0 Å². The van der Waals surface area contributed by atoms with Crippen LogP contribution in [0.4, 0.5) is 0 Å². The summed E-state index contributed by atoms with van der Waals surface area (Å²) in [5.74, 6) is 0. The number of hydrogen-bond acceptors (Lipinski definition) is 3. The molecule has 82 valence electrons. The highest BCUT2D eigenvalue weighted by Gasteiger charge is 2.11. The quantitative estimate of drug-likeness (QED) is 0.773. The molecule has 0 bridgehead atoms. The Bertz CT molecular complexity index is 561. The molecule has 2 aromatic rings. The van der Waals surface area contributed by atoms with Crippen molar-refractivity contribution in [2.24, 2.45) is 0 Å². The van der Waals surface area contributed by atoms with Crippen LogP contribution >= 0.6 is 11.6 Å². The zero-order valence-electron chi connectivity index (χ0n) is 8.53. The van der Waals surface area contributed by atoms with Gasteiger partial charge >= 0.3 is 0 Å². The molecule has 0 saturated heterocycles. The number of H-pyrrole nitrogens is 1. The standard InChI is InChI=1S/C11H10ClN3O/c12-10-8-5-9(7-1-3-16-4-2-7)15-11(8)14-6-13-10/h1,5-6H,2-4H2,(H,13,14,15). The van der Waals surface area contributed by atoms with E-state index in [-0.39, 0.29) is 0 Å². The fraction of sp³-hybridized carbons (Fsp3) is 0.273. The van der Waals surface area contributed by atoms with E-state index in [1.165, 1.54) is 11.9 Å². The van der Waals surface area contributed by atoms with E-state index in [9.17, 15) is 0 Å². The van der Waals surface area contributed by atoms with Crippen molar-refractivity contribution in [3.05, 3.63) is 29.3 Å². The first-order valence-corrected chi connectivity index (χ1v) is 5.49. The van der Waals surface area contributed by atoms with Crippen molar-refractivity contribution in [3.8, 4) is 0 Å². The first kappa shape index (κ1) is 9.81. The summed E-state index contributed by atoms with van der Waals surface area (Å²) in [7, 11) is 0. The molecule has 5 heteroatoms. The second kappa shape index (κ2) is 3.88. The Kier molecular flexibility index (Phi) is 2.38. The highest BCUT2D eigenvalue weighted by Crippen LogP contribution is 2.26. The molecular weight excluding hydrogens is 226 g/mol. The summed E-state index contributed by atoms with van der Waals surface area (Å²) in [6.45, 7) is 1.44. The summed E-state index contributed by atoms with van der Waals surface area (Å²) in [6.07, 6.45) is 4.46. The molecule has 0 amide bonds. The molecule has 0 aliphatic carbocycles. The van der Waals surface area contributed by atoms with Crippen molar-refractivity contribution in [1.82, 2.24) is 15.0 Å². The van der Waals surface area contributed by atoms with E-state index in [2.05, 4.69) is 21.0 Å². The zero-order chi connectivity index (χ0) is 11.0. The number of ether oxygens (including phenoxy) is 1. The van der Waals surface area contributed by atoms with Crippen LogP contribution in [0.25, 0.3) is 16.6 Å². The first-order valence-electron chi connectivity index (χ1n) is 5.11. The summed E-state index contributed by atoms with van der Waals surface area (Å²) in [5.41, 5.74) is 3.09. The van der Waals surface area contributed by atoms with Crippen molar-refractivity contribution in [2.45, 2.75) is 6.42 Å². The van der Waals surface area contributed by atoms with E-state index in [0.717, 1.165) is 29.8 Å². The largest absolute Gasteiger partial charge is 0.377 e. The summed E-state index contributed by atoms with van der Waals surface area (Å²) in [5, 5.41) is 1.35. The van der Waals surface area contributed by atoms with Crippen LogP contribution in [0, 0.1) is 0 Å². The lowest BCUT2D eigenvalue weighted by Gasteiger charge is -2.11. The predicted octanol–water partition coefficient (Wildman–Crippen LogP) is 2.42. The van der Waals surface area contributed by atoms with E-state index in [4.69, 9.17) is 16.3 Å². The SMILES string of the molecule is Clc1ncnc2[nH]c(C3=CCOCC3)cc12. The predicted molar refractivity (Wildman–Crippen MR) is 62.3 cm³/mol. The number of rotatable bonds is 1. The third kappa shape index (κ3) is 1.60. The Hall–Kier alpha value is -1.39. The molecule has 0 radical (unpaired) electrons. The molecule has 0 fully saturated rings. The minimum atomic E-state index is 0.486. The molecule has 16 heavy (non-hydrogen) atoms. The number of hydrogen-bond donors (Lipinski definition) is 1. The number of fused-ring (bicyclic) bond motifs is 1. The van der Waals surface area contributed by atoms with Crippen molar-refractivity contribution in [3.63, 3.8) is 0 Å². The molecule has 1 aliphatic heterocycles. The van der Waals surface area contributed by atoms with Gasteiger partial charge in [-0.3, -0.25) is 0 Å². The van der Waals surface area contributed by atoms with Crippen LogP contribution in [0.3, 0.4) is 0 Å². The minimum absolute atomic E-state index is 0.486. The molecule has 1 aliphatic rings. The summed E-state index contributed by atoms with van der Waals surface area (Å²) in [6, 6.07) is 1.99. The van der Waals surface area contributed by atoms with Gasteiger partial charge in [0.15, 0.2) is 0 Å². The van der Waals surface area contributed by atoms with Crippen molar-refractivity contribution < 1.29 is 4.74 Å². The molecule has 0 unspecified atom stereocenters. The molecule has 0 atom stereocenters. The summed E-state index contributed by atoms with van der Waals surface area (Å²) in [4.78, 5) is 11.4. The van der Waals surface area contributed by atoms with Gasteiger partial charge in [0, 0.05) is 5.69 Å². The lowest BCUT2D eigenvalue weighted by molar-refractivity contribution is 0.161. The van der Waals surface area contributed by atoms with Gasteiger partial charge in [0.25, 0.3) is 0 Å². The first-order chi connectivity index (χ1) is 7.84. The van der Waals surface area contributed by atoms with Crippen molar-refractivity contribution in [2.75, 3.05) is 13.2 Å². The lowest BCUT2D eigenvalue weighted by Crippen LogP contribution is -2.03. The Morgan fingerprint density at radius 2 is 2.31 bits per heavy atom. The topological polar surface area (TPSA) is 50.8 Å². The average Bonchev–Trinajstić information content (AvgIpc) is 2.76. The molecule has 2 aromatic heterocycles. The van der Waals surface area contributed by atoms with E-state index >= 15 is 0 Å². The van der Waals surface area contributed by atoms with E-state index in [1.807, 2.05) is 6.07 Å². The van der Waals surface area contributed by atoms with Crippen LogP contribution in [-0.2, 0) is 4.74 Å². The van der Waals surface area contributed by atoms with Gasteiger partial charge in [0.05, 0.1) is 18.6 Å². The number of nitrogens with one attached hydrogen (secondary N) is 1. The Balaban J connectivity index is 2.11. The maximum atomic E-state index is 5.99. The third-order valence-electron chi connectivity index (χ3n) is 2.69. The van der Waals surface area contributed by atoms with Gasteiger partial charge in [-0.1, -0.05) is 17.7 Å². The van der Waals surface area contributed by atoms with Gasteiger partial charge in [-0.2, -0.15) is 0 Å². The zero-order valence-corrected chi connectivity index (χ0v) is 9.29. The van der Waals surface area contributed by atoms with Crippen LogP contribution < -0.4 is 0 Å². The lowest BCUT2D eigenvalue weighted by atomic mass is 10.1. The third-order valence-corrected chi connectivity index (χ3v) is 2.99. The van der Waals surface area contributed by atoms with Crippen LogP contribution in [0.2, 0.25) is 5.15 Å². The summed E-state index contributed by atoms with van der Waals surface area (Å²) >= 11 is 5.99. The molecule has 0 saturated carbocycles. The highest BCUT2D eigenvalue weighted by atomic mass is 35.5. The Morgan fingerprint density at radius 1 is 1.38 bits per heavy atom. The van der Waals surface area contributed by atoms with Gasteiger partial charge < -0.3 is 9.72 Å². The molecule has 1 N–H and O–H groups in total. The van der Waals surface area contributed by atoms with Crippen LogP contribution in [0.15, 0.2) is 18.5 Å². The second-order valence-corrected chi connectivity index (χ2v) is 4.02.